The fourth-order valence-electron chi connectivity index (χ4n) is 0.167. The minimum atomic E-state index is 0.750. The minimum absolute atomic E-state index is 0.750. The lowest BCUT2D eigenvalue weighted by Crippen LogP contribution is -1.87. The first-order valence-corrected chi connectivity index (χ1v) is 3.01. The molecular weight excluding hydrogens is 86.1 g/mol. The molecule has 1 fully saturated rings. The van der Waals surface area contributed by atoms with Crippen molar-refractivity contribution in [3.05, 3.63) is 0 Å². The highest BCUT2D eigenvalue weighted by Crippen LogP contribution is 2.26. The average Bonchev–Trinajstić information content (AvgIpc) is 2.25. The first-order valence-electron chi connectivity index (χ1n) is 3.01. The van der Waals surface area contributed by atoms with E-state index in [1.54, 1.807) is 0 Å². The number of rotatable bonds is 0. The summed E-state index contributed by atoms with van der Waals surface area (Å²) < 4.78 is 0. The highest BCUT2D eigenvalue weighted by Gasteiger charge is 2.12. The van der Waals surface area contributed by atoms with E-state index < -0.39 is 0 Å². The molecule has 1 heteroatoms. The second-order valence-electron chi connectivity index (χ2n) is 2.09. The second kappa shape index (κ2) is 4.13. The predicted molar refractivity (Wildman–Crippen MR) is 33.1 cm³/mol. The Labute approximate surface area is 45.9 Å². The van der Waals surface area contributed by atoms with Crippen LogP contribution in [0.25, 0.3) is 0 Å². The fraction of sp³-hybridized carbons (Fsp3) is 1.00. The molecule has 1 aliphatic rings. The van der Waals surface area contributed by atoms with Gasteiger partial charge in [0.2, 0.25) is 0 Å². The van der Waals surface area contributed by atoms with Crippen LogP contribution in [-0.2, 0) is 0 Å². The van der Waals surface area contributed by atoms with Crippen molar-refractivity contribution in [2.75, 3.05) is 6.54 Å². The van der Waals surface area contributed by atoms with E-state index in [9.17, 15) is 0 Å². The van der Waals surface area contributed by atoms with Crippen molar-refractivity contribution in [1.29, 1.82) is 0 Å². The fourth-order valence-corrected chi connectivity index (χ4v) is 0.167. The number of nitrogens with two attached hydrogens (primary N) is 1. The molecule has 1 nitrogen and oxygen atoms in total. The highest BCUT2D eigenvalue weighted by atomic mass is 14.5. The zero-order valence-corrected chi connectivity index (χ0v) is 5.28. The van der Waals surface area contributed by atoms with E-state index in [0.717, 1.165) is 12.5 Å². The van der Waals surface area contributed by atoms with Crippen molar-refractivity contribution in [1.82, 2.24) is 0 Å². The van der Waals surface area contributed by atoms with E-state index in [-0.39, 0.29) is 0 Å². The van der Waals surface area contributed by atoms with Gasteiger partial charge in [-0.15, -0.1) is 0 Å². The topological polar surface area (TPSA) is 26.0 Å². The van der Waals surface area contributed by atoms with Crippen molar-refractivity contribution in [3.8, 4) is 0 Å². The molecule has 2 N–H and O–H groups in total. The summed E-state index contributed by atoms with van der Waals surface area (Å²) in [5.41, 5.74) is 4.85. The summed E-state index contributed by atoms with van der Waals surface area (Å²) in [6, 6.07) is 0. The van der Waals surface area contributed by atoms with Gasteiger partial charge in [-0.05, 0) is 12.5 Å². The lowest BCUT2D eigenvalue weighted by molar-refractivity contribution is 0.983. The van der Waals surface area contributed by atoms with Crippen LogP contribution in [0.15, 0.2) is 0 Å². The van der Waals surface area contributed by atoms with E-state index in [1.807, 2.05) is 6.92 Å². The van der Waals surface area contributed by atoms with E-state index in [0.29, 0.717) is 0 Å². The first kappa shape index (κ1) is 6.96. The van der Waals surface area contributed by atoms with Gasteiger partial charge in [0.15, 0.2) is 0 Å². The third-order valence-electron chi connectivity index (χ3n) is 0.866. The molecule has 0 amide bonds. The molecule has 44 valence electrons. The lowest BCUT2D eigenvalue weighted by atomic mass is 10.5. The van der Waals surface area contributed by atoms with Crippen LogP contribution in [0.4, 0.5) is 0 Å². The molecule has 0 aromatic carbocycles. The summed E-state index contributed by atoms with van der Waals surface area (Å²) in [7, 11) is 0. The second-order valence-corrected chi connectivity index (χ2v) is 2.09. The summed E-state index contributed by atoms with van der Waals surface area (Å²) in [5, 5.41) is 0. The maximum Gasteiger partial charge on any atom is -0.0106 e. The smallest absolute Gasteiger partial charge is 0.0106 e. The molecule has 0 aromatic heterocycles. The van der Waals surface area contributed by atoms with Gasteiger partial charge in [0.25, 0.3) is 0 Å². The van der Waals surface area contributed by atoms with Gasteiger partial charge < -0.3 is 5.73 Å². The van der Waals surface area contributed by atoms with Crippen LogP contribution in [0, 0.1) is 5.92 Å². The molecule has 1 aliphatic carbocycles. The lowest BCUT2D eigenvalue weighted by Gasteiger charge is -1.53. The van der Waals surface area contributed by atoms with Crippen molar-refractivity contribution >= 4 is 0 Å². The highest BCUT2D eigenvalue weighted by molar-refractivity contribution is 4.65. The van der Waals surface area contributed by atoms with Crippen LogP contribution in [0.2, 0.25) is 0 Å². The molecule has 1 rings (SSSR count). The quantitative estimate of drug-likeness (QED) is 0.490. The van der Waals surface area contributed by atoms with Crippen LogP contribution in [-0.4, -0.2) is 6.54 Å². The predicted octanol–water partition coefficient (Wildman–Crippen LogP) is 1.38. The monoisotopic (exact) mass is 101 g/mol. The Bertz CT molecular complexity index is 31.2. The van der Waals surface area contributed by atoms with E-state index in [1.165, 1.54) is 12.8 Å². The van der Waals surface area contributed by atoms with Gasteiger partial charge in [-0.3, -0.25) is 0 Å². The maximum atomic E-state index is 4.85. The maximum absolute atomic E-state index is 4.85. The molecule has 0 spiro atoms. The van der Waals surface area contributed by atoms with Crippen molar-refractivity contribution in [2.24, 2.45) is 11.7 Å². The summed E-state index contributed by atoms with van der Waals surface area (Å²) >= 11 is 0. The largest absolute Gasteiger partial charge is 0.331 e. The van der Waals surface area contributed by atoms with Gasteiger partial charge >= 0.3 is 0 Å². The van der Waals surface area contributed by atoms with Crippen molar-refractivity contribution in [2.45, 2.75) is 26.7 Å². The normalized spacial score (nSPS) is 17.6. The molecule has 0 heterocycles. The average molecular weight is 101 g/mol. The Hall–Kier alpha value is -0.0400. The van der Waals surface area contributed by atoms with Gasteiger partial charge in [-0.2, -0.15) is 0 Å². The third-order valence-corrected chi connectivity index (χ3v) is 0.866. The molecule has 0 saturated heterocycles. The van der Waals surface area contributed by atoms with Crippen LogP contribution >= 0.6 is 0 Å². The third kappa shape index (κ3) is 10.7. The van der Waals surface area contributed by atoms with Crippen LogP contribution in [0.3, 0.4) is 0 Å². The Kier molecular flexibility index (Phi) is 4.10. The Balaban J connectivity index is 0.000000110. The summed E-state index contributed by atoms with van der Waals surface area (Å²) in [6.45, 7) is 4.93. The molecule has 0 aliphatic heterocycles. The van der Waals surface area contributed by atoms with Gasteiger partial charge in [0.05, 0.1) is 0 Å². The number of hydrogen-bond donors (Lipinski definition) is 1. The molecule has 7 heavy (non-hydrogen) atoms. The Morgan fingerprint density at radius 3 is 1.71 bits per heavy atom. The minimum Gasteiger partial charge on any atom is -0.331 e. The SMILES string of the molecule is CC1CC1.CCN. The Morgan fingerprint density at radius 1 is 1.57 bits per heavy atom. The van der Waals surface area contributed by atoms with Gasteiger partial charge in [0, 0.05) is 0 Å². The zero-order chi connectivity index (χ0) is 5.70. The standard InChI is InChI=1S/C4H8.C2H7N/c1-4-2-3-4;1-2-3/h4H,2-3H2,1H3;2-3H2,1H3. The molecule has 0 radical (unpaired) electrons. The van der Waals surface area contributed by atoms with Gasteiger partial charge in [0.1, 0.15) is 0 Å². The van der Waals surface area contributed by atoms with E-state index >= 15 is 0 Å². The summed E-state index contributed by atoms with van der Waals surface area (Å²) in [6.07, 6.45) is 2.97. The Morgan fingerprint density at radius 2 is 1.71 bits per heavy atom. The van der Waals surface area contributed by atoms with Crippen molar-refractivity contribution in [3.63, 3.8) is 0 Å². The molecule has 0 aromatic rings. The summed E-state index contributed by atoms with van der Waals surface area (Å²) in [4.78, 5) is 0. The molecule has 1 saturated carbocycles. The summed E-state index contributed by atoms with van der Waals surface area (Å²) in [5.74, 6) is 1.08. The van der Waals surface area contributed by atoms with Crippen LogP contribution < -0.4 is 5.73 Å². The molecular formula is C6H15N. The van der Waals surface area contributed by atoms with Crippen LogP contribution in [0.1, 0.15) is 26.7 Å². The first-order chi connectivity index (χ1) is 3.31. The van der Waals surface area contributed by atoms with E-state index in [2.05, 4.69) is 6.92 Å². The van der Waals surface area contributed by atoms with Gasteiger partial charge in [-0.1, -0.05) is 26.7 Å². The van der Waals surface area contributed by atoms with E-state index in [4.69, 9.17) is 5.73 Å². The number of hydrogen-bond acceptors (Lipinski definition) is 1. The van der Waals surface area contributed by atoms with Crippen LogP contribution in [0.5, 0.6) is 0 Å². The zero-order valence-electron chi connectivity index (χ0n) is 5.28. The molecule has 0 bridgehead atoms. The molecule has 0 unspecified atom stereocenters. The van der Waals surface area contributed by atoms with Crippen molar-refractivity contribution < 1.29 is 0 Å². The van der Waals surface area contributed by atoms with Gasteiger partial charge in [-0.25, -0.2) is 0 Å². The molecule has 0 atom stereocenters.